The van der Waals surface area contributed by atoms with Crippen LogP contribution in [0.3, 0.4) is 0 Å². The number of ether oxygens (including phenoxy) is 1. The van der Waals surface area contributed by atoms with E-state index in [-0.39, 0.29) is 11.5 Å². The quantitative estimate of drug-likeness (QED) is 0.665. The number of amides is 1. The lowest BCUT2D eigenvalue weighted by atomic mass is 10.0. The van der Waals surface area contributed by atoms with Gasteiger partial charge in [-0.05, 0) is 37.3 Å². The smallest absolute Gasteiger partial charge is 0.271 e. The summed E-state index contributed by atoms with van der Waals surface area (Å²) in [4.78, 5) is 29.7. The van der Waals surface area contributed by atoms with Crippen molar-refractivity contribution in [1.82, 2.24) is 19.4 Å². The van der Waals surface area contributed by atoms with Crippen LogP contribution in [-0.2, 0) is 18.3 Å². The van der Waals surface area contributed by atoms with Crippen LogP contribution in [0.1, 0.15) is 34.5 Å². The van der Waals surface area contributed by atoms with Gasteiger partial charge in [0.05, 0.1) is 0 Å². The van der Waals surface area contributed by atoms with Crippen molar-refractivity contribution in [3.8, 4) is 11.4 Å². The van der Waals surface area contributed by atoms with Gasteiger partial charge in [0, 0.05) is 56.9 Å². The fourth-order valence-electron chi connectivity index (χ4n) is 3.93. The third-order valence-corrected chi connectivity index (χ3v) is 5.72. The molecule has 1 aliphatic rings. The summed E-state index contributed by atoms with van der Waals surface area (Å²) >= 11 is 0. The van der Waals surface area contributed by atoms with Gasteiger partial charge in [-0.15, -0.1) is 0 Å². The van der Waals surface area contributed by atoms with Gasteiger partial charge in [-0.1, -0.05) is 30.3 Å². The molecular weight excluding hydrogens is 392 g/mol. The molecule has 3 heterocycles. The maximum absolute atomic E-state index is 12.9. The lowest BCUT2D eigenvalue weighted by Crippen LogP contribution is -2.32. The van der Waals surface area contributed by atoms with Crippen LogP contribution in [0.4, 0.5) is 0 Å². The van der Waals surface area contributed by atoms with Gasteiger partial charge in [0.2, 0.25) is 0 Å². The number of carbonyl (C=O) groups is 1. The highest BCUT2D eigenvalue weighted by Gasteiger charge is 2.19. The maximum Gasteiger partial charge on any atom is 0.271 e. The Balaban J connectivity index is 1.63. The highest BCUT2D eigenvalue weighted by atomic mass is 16.5. The van der Waals surface area contributed by atoms with Crippen LogP contribution >= 0.6 is 0 Å². The molecule has 1 fully saturated rings. The van der Waals surface area contributed by atoms with Crippen LogP contribution in [0.25, 0.3) is 11.4 Å². The van der Waals surface area contributed by atoms with Crippen molar-refractivity contribution in [2.75, 3.05) is 19.8 Å². The number of aromatic nitrogens is 3. The van der Waals surface area contributed by atoms with Crippen molar-refractivity contribution < 1.29 is 9.53 Å². The van der Waals surface area contributed by atoms with Gasteiger partial charge in [-0.3, -0.25) is 9.59 Å². The number of nitrogens with zero attached hydrogens (tertiary/aromatic N) is 3. The molecule has 1 aromatic carbocycles. The first-order valence-electron chi connectivity index (χ1n) is 10.7. The van der Waals surface area contributed by atoms with Gasteiger partial charge in [0.1, 0.15) is 11.5 Å². The number of hydrogen-bond acceptors (Lipinski definition) is 4. The van der Waals surface area contributed by atoms with E-state index >= 15 is 0 Å². The summed E-state index contributed by atoms with van der Waals surface area (Å²) in [6, 6.07) is 11.9. The second-order valence-corrected chi connectivity index (χ2v) is 8.16. The minimum atomic E-state index is -0.180. The Bertz CT molecular complexity index is 1090. The first-order chi connectivity index (χ1) is 15.0. The SMILES string of the molecule is Cc1cc(-c2nc(C(=O)NCC3CCOCC3)cn2Cc2ccccc2)cn(C)c1=O. The molecule has 0 atom stereocenters. The second-order valence-electron chi connectivity index (χ2n) is 8.16. The van der Waals surface area contributed by atoms with E-state index in [1.807, 2.05) is 41.0 Å². The Labute approximate surface area is 181 Å². The molecule has 162 valence electrons. The van der Waals surface area contributed by atoms with Crippen molar-refractivity contribution in [1.29, 1.82) is 0 Å². The van der Waals surface area contributed by atoms with Crippen LogP contribution in [0.15, 0.2) is 53.6 Å². The fourth-order valence-corrected chi connectivity index (χ4v) is 3.93. The fraction of sp³-hybridized carbons (Fsp3) is 0.375. The molecule has 7 heteroatoms. The molecule has 0 radical (unpaired) electrons. The zero-order valence-electron chi connectivity index (χ0n) is 18.0. The summed E-state index contributed by atoms with van der Waals surface area (Å²) in [5.74, 6) is 0.926. The first-order valence-corrected chi connectivity index (χ1v) is 10.7. The average Bonchev–Trinajstić information content (AvgIpc) is 3.20. The largest absolute Gasteiger partial charge is 0.381 e. The summed E-state index contributed by atoms with van der Waals surface area (Å²) in [7, 11) is 1.73. The lowest BCUT2D eigenvalue weighted by Gasteiger charge is -2.21. The van der Waals surface area contributed by atoms with Gasteiger partial charge < -0.3 is 19.2 Å². The average molecular weight is 421 g/mol. The number of aryl methyl sites for hydroxylation is 2. The van der Waals surface area contributed by atoms with Gasteiger partial charge >= 0.3 is 0 Å². The van der Waals surface area contributed by atoms with E-state index in [0.29, 0.717) is 36.1 Å². The minimum absolute atomic E-state index is 0.0423. The molecule has 0 saturated carbocycles. The number of nitrogens with one attached hydrogen (secondary N) is 1. The van der Waals surface area contributed by atoms with Gasteiger partial charge in [-0.2, -0.15) is 0 Å². The Kier molecular flexibility index (Phi) is 6.32. The third kappa shape index (κ3) is 4.94. The molecule has 4 rings (SSSR count). The van der Waals surface area contributed by atoms with Gasteiger partial charge in [-0.25, -0.2) is 4.98 Å². The third-order valence-electron chi connectivity index (χ3n) is 5.72. The first kappa shape index (κ1) is 21.1. The summed E-state index contributed by atoms with van der Waals surface area (Å²) in [5, 5.41) is 3.03. The van der Waals surface area contributed by atoms with Gasteiger partial charge in [0.25, 0.3) is 11.5 Å². The predicted molar refractivity (Wildman–Crippen MR) is 119 cm³/mol. The molecule has 0 aliphatic carbocycles. The highest BCUT2D eigenvalue weighted by Crippen LogP contribution is 2.21. The van der Waals surface area contributed by atoms with E-state index in [2.05, 4.69) is 10.3 Å². The Morgan fingerprint density at radius 2 is 1.94 bits per heavy atom. The summed E-state index contributed by atoms with van der Waals surface area (Å²) in [6.45, 7) is 4.50. The lowest BCUT2D eigenvalue weighted by molar-refractivity contribution is 0.0642. The van der Waals surface area contributed by atoms with Crippen molar-refractivity contribution >= 4 is 5.91 Å². The number of benzene rings is 1. The monoisotopic (exact) mass is 420 g/mol. The number of hydrogen-bond donors (Lipinski definition) is 1. The minimum Gasteiger partial charge on any atom is -0.381 e. The van der Waals surface area contributed by atoms with Gasteiger partial charge in [0.15, 0.2) is 0 Å². The topological polar surface area (TPSA) is 78.2 Å². The van der Waals surface area contributed by atoms with Crippen LogP contribution in [0.5, 0.6) is 0 Å². The van der Waals surface area contributed by atoms with E-state index in [1.165, 1.54) is 0 Å². The Hall–Kier alpha value is -3.19. The molecule has 31 heavy (non-hydrogen) atoms. The normalized spacial score (nSPS) is 14.5. The molecule has 1 saturated heterocycles. The zero-order chi connectivity index (χ0) is 21.8. The molecule has 2 aromatic heterocycles. The van der Waals surface area contributed by atoms with Crippen LogP contribution in [0.2, 0.25) is 0 Å². The van der Waals surface area contributed by atoms with E-state index < -0.39 is 0 Å². The van der Waals surface area contributed by atoms with E-state index in [9.17, 15) is 9.59 Å². The summed E-state index contributed by atoms with van der Waals surface area (Å²) in [5.41, 5.74) is 2.89. The molecule has 1 N–H and O–H groups in total. The number of rotatable bonds is 6. The molecule has 7 nitrogen and oxygen atoms in total. The summed E-state index contributed by atoms with van der Waals surface area (Å²) < 4.78 is 8.91. The van der Waals surface area contributed by atoms with E-state index in [0.717, 1.165) is 37.2 Å². The standard InChI is InChI=1S/C24H28N4O3/c1-17-12-20(15-27(2)24(17)30)22-26-21(16-28(22)14-19-6-4-3-5-7-19)23(29)25-13-18-8-10-31-11-9-18/h3-7,12,15-16,18H,8-11,13-14H2,1-2H3,(H,25,29). The maximum atomic E-state index is 12.9. The van der Waals surface area contributed by atoms with Crippen molar-refractivity contribution in [3.63, 3.8) is 0 Å². The Morgan fingerprint density at radius 1 is 1.19 bits per heavy atom. The Morgan fingerprint density at radius 3 is 2.65 bits per heavy atom. The molecule has 1 aliphatic heterocycles. The van der Waals surface area contributed by atoms with Crippen LogP contribution in [0, 0.1) is 12.8 Å². The zero-order valence-corrected chi connectivity index (χ0v) is 18.0. The van der Waals surface area contributed by atoms with Crippen LogP contribution < -0.4 is 10.9 Å². The molecular formula is C24H28N4O3. The highest BCUT2D eigenvalue weighted by molar-refractivity contribution is 5.92. The van der Waals surface area contributed by atoms with Crippen LogP contribution in [-0.4, -0.2) is 39.8 Å². The second kappa shape index (κ2) is 9.31. The number of imidazole rings is 1. The number of pyridine rings is 1. The van der Waals surface area contributed by atoms with Crippen molar-refractivity contribution in [2.24, 2.45) is 13.0 Å². The predicted octanol–water partition coefficient (Wildman–Crippen LogP) is 2.76. The van der Waals surface area contributed by atoms with Crippen molar-refractivity contribution in [3.05, 3.63) is 76.0 Å². The molecule has 3 aromatic rings. The van der Waals surface area contributed by atoms with E-state index in [1.54, 1.807) is 30.9 Å². The molecule has 1 amide bonds. The van der Waals surface area contributed by atoms with E-state index in [4.69, 9.17) is 4.74 Å². The number of carbonyl (C=O) groups excluding carboxylic acids is 1. The molecule has 0 unspecified atom stereocenters. The molecule has 0 bridgehead atoms. The molecule has 0 spiro atoms. The summed E-state index contributed by atoms with van der Waals surface area (Å²) in [6.07, 6.45) is 5.49. The van der Waals surface area contributed by atoms with Crippen molar-refractivity contribution in [2.45, 2.75) is 26.3 Å².